The lowest BCUT2D eigenvalue weighted by Gasteiger charge is -2.35. The van der Waals surface area contributed by atoms with Crippen LogP contribution in [0.4, 0.5) is 11.5 Å². The number of morpholine rings is 1. The van der Waals surface area contributed by atoms with E-state index in [-0.39, 0.29) is 6.04 Å². The van der Waals surface area contributed by atoms with Crippen molar-refractivity contribution in [2.45, 2.75) is 30.6 Å². The number of nitrogens with one attached hydrogen (secondary N) is 3. The second-order valence-electron chi connectivity index (χ2n) is 8.43. The molecule has 9 nitrogen and oxygen atoms in total. The lowest BCUT2D eigenvalue weighted by molar-refractivity contribution is 0.0985. The first-order valence-electron chi connectivity index (χ1n) is 10.5. The summed E-state index contributed by atoms with van der Waals surface area (Å²) in [6.45, 7) is 4.09. The van der Waals surface area contributed by atoms with Crippen molar-refractivity contribution in [3.05, 3.63) is 30.2 Å². The molecular formula is C21H27N7O2S. The molecule has 3 aromatic heterocycles. The predicted octanol–water partition coefficient (Wildman–Crippen LogP) is 2.95. The zero-order chi connectivity index (χ0) is 21.8. The third-order valence-electron chi connectivity index (χ3n) is 6.37. The molecule has 0 spiro atoms. The SMILES string of the molecule is CNc1cnc2[nH]ccc2c1-c1nc(N2CCOC[C@H]2C)cc(C2(S(C)(=N)=O)CC2)n1. The second-order valence-corrected chi connectivity index (χ2v) is 10.9. The topological polar surface area (TPSA) is 120 Å². The highest BCUT2D eigenvalue weighted by atomic mass is 32.2. The van der Waals surface area contributed by atoms with Gasteiger partial charge in [-0.1, -0.05) is 0 Å². The summed E-state index contributed by atoms with van der Waals surface area (Å²) in [6.07, 6.45) is 6.54. The van der Waals surface area contributed by atoms with E-state index >= 15 is 0 Å². The molecule has 164 valence electrons. The fraction of sp³-hybridized carbons (Fsp3) is 0.476. The molecule has 0 bridgehead atoms. The Labute approximate surface area is 181 Å². The molecule has 0 aromatic carbocycles. The van der Waals surface area contributed by atoms with Crippen LogP contribution in [0.1, 0.15) is 25.5 Å². The maximum atomic E-state index is 12.9. The number of rotatable bonds is 5. The van der Waals surface area contributed by atoms with E-state index in [0.717, 1.165) is 34.6 Å². The zero-order valence-corrected chi connectivity index (χ0v) is 18.8. The van der Waals surface area contributed by atoms with E-state index < -0.39 is 14.5 Å². The minimum Gasteiger partial charge on any atom is -0.386 e. The van der Waals surface area contributed by atoms with Crippen LogP contribution in [0.25, 0.3) is 22.4 Å². The van der Waals surface area contributed by atoms with Crippen LogP contribution in [0.5, 0.6) is 0 Å². The van der Waals surface area contributed by atoms with Crippen LogP contribution in [-0.4, -0.2) is 63.2 Å². The molecule has 3 N–H and O–H groups in total. The smallest absolute Gasteiger partial charge is 0.164 e. The third kappa shape index (κ3) is 3.25. The van der Waals surface area contributed by atoms with Gasteiger partial charge in [-0.2, -0.15) is 0 Å². The Morgan fingerprint density at radius 3 is 2.87 bits per heavy atom. The van der Waals surface area contributed by atoms with Gasteiger partial charge in [0.05, 0.1) is 56.9 Å². The average molecular weight is 442 g/mol. The maximum absolute atomic E-state index is 12.9. The summed E-state index contributed by atoms with van der Waals surface area (Å²) in [7, 11) is -0.973. The van der Waals surface area contributed by atoms with Crippen molar-refractivity contribution in [1.82, 2.24) is 19.9 Å². The molecule has 1 aliphatic carbocycles. The summed E-state index contributed by atoms with van der Waals surface area (Å²) in [6, 6.07) is 4.06. The highest BCUT2D eigenvalue weighted by molar-refractivity contribution is 7.92. The van der Waals surface area contributed by atoms with Crippen molar-refractivity contribution in [1.29, 1.82) is 4.78 Å². The standard InChI is InChI=1S/C21H27N7O2S/c1-13-12-30-9-8-28(13)17-10-16(21(5-6-21)31(3,22)29)26-20(27-17)18-14-4-7-24-19(14)25-11-15(18)23-2/h4,7,10-11,13,22-23H,5-6,8-9,12H2,1-3H3,(H,24,25)/t13-,31?/m1/s1. The average Bonchev–Trinajstić information content (AvgIpc) is 3.45. The number of pyridine rings is 1. The van der Waals surface area contributed by atoms with E-state index in [9.17, 15) is 4.21 Å². The number of hydrogen-bond donors (Lipinski definition) is 3. The summed E-state index contributed by atoms with van der Waals surface area (Å²) in [5.74, 6) is 1.34. The van der Waals surface area contributed by atoms with Gasteiger partial charge in [0.2, 0.25) is 0 Å². The van der Waals surface area contributed by atoms with Crippen LogP contribution in [-0.2, 0) is 19.2 Å². The van der Waals surface area contributed by atoms with Gasteiger partial charge in [-0.05, 0) is 25.8 Å². The molecule has 1 aliphatic heterocycles. The molecular weight excluding hydrogens is 414 g/mol. The normalized spacial score (nSPS) is 22.3. The first-order chi connectivity index (χ1) is 14.8. The number of hydrogen-bond acceptors (Lipinski definition) is 8. The minimum absolute atomic E-state index is 0.162. The Kier molecular flexibility index (Phi) is 4.67. The van der Waals surface area contributed by atoms with Gasteiger partial charge in [0, 0.05) is 37.5 Å². The summed E-state index contributed by atoms with van der Waals surface area (Å²) in [5.41, 5.74) is 3.11. The quantitative estimate of drug-likeness (QED) is 0.557. The lowest BCUT2D eigenvalue weighted by atomic mass is 10.1. The molecule has 1 saturated carbocycles. The van der Waals surface area contributed by atoms with Gasteiger partial charge in [-0.15, -0.1) is 0 Å². The highest BCUT2D eigenvalue weighted by Crippen LogP contribution is 2.53. The number of ether oxygens (including phenoxy) is 1. The number of fused-ring (bicyclic) bond motifs is 1. The van der Waals surface area contributed by atoms with E-state index in [1.165, 1.54) is 6.26 Å². The van der Waals surface area contributed by atoms with E-state index in [4.69, 9.17) is 19.5 Å². The molecule has 31 heavy (non-hydrogen) atoms. The lowest BCUT2D eigenvalue weighted by Crippen LogP contribution is -2.44. The van der Waals surface area contributed by atoms with E-state index in [1.54, 1.807) is 6.20 Å². The van der Waals surface area contributed by atoms with Crippen molar-refractivity contribution in [3.8, 4) is 11.4 Å². The van der Waals surface area contributed by atoms with E-state index in [0.29, 0.717) is 37.6 Å². The third-order valence-corrected chi connectivity index (χ3v) is 8.48. The van der Waals surface area contributed by atoms with Crippen LogP contribution >= 0.6 is 0 Å². The van der Waals surface area contributed by atoms with Crippen LogP contribution in [0.15, 0.2) is 24.5 Å². The molecule has 10 heteroatoms. The van der Waals surface area contributed by atoms with Gasteiger partial charge in [0.15, 0.2) is 5.82 Å². The molecule has 2 aliphatic rings. The molecule has 3 aromatic rings. The van der Waals surface area contributed by atoms with Gasteiger partial charge in [-0.3, -0.25) is 4.78 Å². The number of aromatic nitrogens is 4. The maximum Gasteiger partial charge on any atom is 0.164 e. The zero-order valence-electron chi connectivity index (χ0n) is 17.9. The van der Waals surface area contributed by atoms with Crippen LogP contribution in [0, 0.1) is 4.78 Å². The Morgan fingerprint density at radius 2 is 2.19 bits per heavy atom. The molecule has 4 heterocycles. The summed E-state index contributed by atoms with van der Waals surface area (Å²) in [4.78, 5) is 19.7. The van der Waals surface area contributed by atoms with Crippen molar-refractivity contribution in [3.63, 3.8) is 0 Å². The van der Waals surface area contributed by atoms with Gasteiger partial charge >= 0.3 is 0 Å². The fourth-order valence-corrected chi connectivity index (χ4v) is 5.78. The molecule has 2 atom stereocenters. The van der Waals surface area contributed by atoms with Crippen molar-refractivity contribution in [2.24, 2.45) is 0 Å². The molecule has 0 radical (unpaired) electrons. The van der Waals surface area contributed by atoms with Crippen LogP contribution in [0.2, 0.25) is 0 Å². The number of aromatic amines is 1. The van der Waals surface area contributed by atoms with Crippen molar-refractivity contribution < 1.29 is 8.95 Å². The molecule has 1 unspecified atom stereocenters. The van der Waals surface area contributed by atoms with E-state index in [2.05, 4.69) is 27.1 Å². The number of anilines is 2. The fourth-order valence-electron chi connectivity index (χ4n) is 4.39. The first kappa shape index (κ1) is 20.2. The molecule has 0 amide bonds. The Balaban J connectivity index is 1.76. The molecule has 5 rings (SSSR count). The van der Waals surface area contributed by atoms with Gasteiger partial charge < -0.3 is 19.9 Å². The summed E-state index contributed by atoms with van der Waals surface area (Å²) >= 11 is 0. The van der Waals surface area contributed by atoms with Crippen LogP contribution in [0.3, 0.4) is 0 Å². The largest absolute Gasteiger partial charge is 0.386 e. The van der Waals surface area contributed by atoms with Crippen LogP contribution < -0.4 is 10.2 Å². The monoisotopic (exact) mass is 441 g/mol. The summed E-state index contributed by atoms with van der Waals surface area (Å²) in [5, 5.41) is 4.12. The number of nitrogens with zero attached hydrogens (tertiary/aromatic N) is 4. The van der Waals surface area contributed by atoms with Crippen molar-refractivity contribution in [2.75, 3.05) is 43.3 Å². The van der Waals surface area contributed by atoms with E-state index in [1.807, 2.05) is 25.4 Å². The predicted molar refractivity (Wildman–Crippen MR) is 122 cm³/mol. The Bertz CT molecular complexity index is 1250. The van der Waals surface area contributed by atoms with Crippen molar-refractivity contribution >= 4 is 32.3 Å². The first-order valence-corrected chi connectivity index (χ1v) is 12.4. The van der Waals surface area contributed by atoms with Gasteiger partial charge in [0.25, 0.3) is 0 Å². The molecule has 1 saturated heterocycles. The van der Waals surface area contributed by atoms with Gasteiger partial charge in [0.1, 0.15) is 11.5 Å². The molecule has 2 fully saturated rings. The second kappa shape index (κ2) is 7.16. The number of H-pyrrole nitrogens is 1. The summed E-state index contributed by atoms with van der Waals surface area (Å²) < 4.78 is 26.2. The minimum atomic E-state index is -2.82. The van der Waals surface area contributed by atoms with Gasteiger partial charge in [-0.25, -0.2) is 19.2 Å². The Hall–Kier alpha value is -2.72. The Morgan fingerprint density at radius 1 is 1.39 bits per heavy atom. The highest BCUT2D eigenvalue weighted by Gasteiger charge is 2.53.